The van der Waals surface area contributed by atoms with Crippen LogP contribution < -0.4 is 5.32 Å². The molecular weight excluding hydrogens is 380 g/mol. The van der Waals surface area contributed by atoms with Gasteiger partial charge in [0.05, 0.1) is 13.2 Å². The molecule has 140 valence electrons. The Morgan fingerprint density at radius 1 is 1.24 bits per heavy atom. The van der Waals surface area contributed by atoms with Gasteiger partial charge in [0.1, 0.15) is 0 Å². The van der Waals surface area contributed by atoms with Crippen LogP contribution in [0.1, 0.15) is 25.3 Å². The molecule has 0 radical (unpaired) electrons. The van der Waals surface area contributed by atoms with Crippen molar-refractivity contribution in [2.24, 2.45) is 4.99 Å². The molecule has 0 bridgehead atoms. The second-order valence-corrected chi connectivity index (χ2v) is 7.29. The van der Waals surface area contributed by atoms with Gasteiger partial charge in [-0.15, -0.1) is 0 Å². The fourth-order valence-electron chi connectivity index (χ4n) is 2.87. The van der Waals surface area contributed by atoms with Crippen molar-refractivity contribution in [3.8, 4) is 0 Å². The van der Waals surface area contributed by atoms with Crippen LogP contribution in [0.3, 0.4) is 0 Å². The quantitative estimate of drug-likeness (QED) is 0.406. The molecule has 1 aliphatic rings. The highest BCUT2D eigenvalue weighted by Gasteiger charge is 2.09. The molecular formula is C19H31BrN4O. The Hall–Kier alpha value is -1.11. The van der Waals surface area contributed by atoms with E-state index >= 15 is 0 Å². The third kappa shape index (κ3) is 7.75. The normalized spacial score (nSPS) is 16.0. The molecule has 1 heterocycles. The number of morpholine rings is 1. The minimum Gasteiger partial charge on any atom is -0.379 e. The summed E-state index contributed by atoms with van der Waals surface area (Å²) in [6, 6.07) is 8.46. The maximum Gasteiger partial charge on any atom is 0.193 e. The van der Waals surface area contributed by atoms with Crippen LogP contribution in [0.25, 0.3) is 0 Å². The number of hydrogen-bond acceptors (Lipinski definition) is 3. The third-order valence-corrected chi connectivity index (χ3v) is 4.81. The molecule has 0 spiro atoms. The number of benzene rings is 1. The summed E-state index contributed by atoms with van der Waals surface area (Å²) < 4.78 is 6.50. The molecule has 0 atom stereocenters. The van der Waals surface area contributed by atoms with Gasteiger partial charge in [-0.1, -0.05) is 28.1 Å². The lowest BCUT2D eigenvalue weighted by Gasteiger charge is -2.26. The monoisotopic (exact) mass is 410 g/mol. The third-order valence-electron chi connectivity index (χ3n) is 4.28. The Kier molecular flexibility index (Phi) is 9.29. The van der Waals surface area contributed by atoms with Crippen LogP contribution in [0, 0.1) is 0 Å². The molecule has 1 fully saturated rings. The van der Waals surface area contributed by atoms with Crippen LogP contribution in [0.15, 0.2) is 33.7 Å². The van der Waals surface area contributed by atoms with Crippen molar-refractivity contribution in [3.05, 3.63) is 34.3 Å². The van der Waals surface area contributed by atoms with Crippen molar-refractivity contribution in [3.63, 3.8) is 0 Å². The van der Waals surface area contributed by atoms with Crippen molar-refractivity contribution in [1.82, 2.24) is 15.1 Å². The molecule has 1 saturated heterocycles. The Morgan fingerprint density at radius 3 is 2.64 bits per heavy atom. The second-order valence-electron chi connectivity index (χ2n) is 6.38. The molecule has 25 heavy (non-hydrogen) atoms. The first kappa shape index (κ1) is 20.2. The van der Waals surface area contributed by atoms with E-state index in [0.29, 0.717) is 0 Å². The number of halogens is 1. The highest BCUT2D eigenvalue weighted by Crippen LogP contribution is 2.12. The topological polar surface area (TPSA) is 40.1 Å². The first-order chi connectivity index (χ1) is 12.2. The smallest absolute Gasteiger partial charge is 0.193 e. The maximum atomic E-state index is 5.39. The van der Waals surface area contributed by atoms with Gasteiger partial charge in [-0.3, -0.25) is 9.89 Å². The van der Waals surface area contributed by atoms with Gasteiger partial charge >= 0.3 is 0 Å². The summed E-state index contributed by atoms with van der Waals surface area (Å²) in [5.41, 5.74) is 1.28. The molecule has 1 N–H and O–H groups in total. The zero-order chi connectivity index (χ0) is 17.9. The average Bonchev–Trinajstić information content (AvgIpc) is 2.63. The van der Waals surface area contributed by atoms with Crippen molar-refractivity contribution in [2.45, 2.75) is 26.3 Å². The van der Waals surface area contributed by atoms with Crippen LogP contribution in [0.2, 0.25) is 0 Å². The molecule has 0 amide bonds. The van der Waals surface area contributed by atoms with Gasteiger partial charge in [0.15, 0.2) is 5.96 Å². The van der Waals surface area contributed by atoms with E-state index in [1.807, 2.05) is 0 Å². The summed E-state index contributed by atoms with van der Waals surface area (Å²) in [4.78, 5) is 9.46. The number of rotatable bonds is 8. The van der Waals surface area contributed by atoms with Crippen molar-refractivity contribution >= 4 is 21.9 Å². The van der Waals surface area contributed by atoms with Gasteiger partial charge in [-0.2, -0.15) is 0 Å². The Bertz CT molecular complexity index is 515. The van der Waals surface area contributed by atoms with Gasteiger partial charge in [0.25, 0.3) is 0 Å². The van der Waals surface area contributed by atoms with Gasteiger partial charge in [-0.25, -0.2) is 0 Å². The SMILES string of the molecule is CCNC(=NCCCCN1CCOCC1)N(C)Cc1ccc(Br)cc1. The first-order valence-corrected chi connectivity index (χ1v) is 10.0. The highest BCUT2D eigenvalue weighted by molar-refractivity contribution is 9.10. The van der Waals surface area contributed by atoms with E-state index in [1.165, 1.54) is 12.0 Å². The van der Waals surface area contributed by atoms with E-state index in [2.05, 4.69) is 69.3 Å². The summed E-state index contributed by atoms with van der Waals surface area (Å²) in [5, 5.41) is 3.39. The van der Waals surface area contributed by atoms with E-state index in [1.54, 1.807) is 0 Å². The van der Waals surface area contributed by atoms with Crippen LogP contribution in [-0.2, 0) is 11.3 Å². The van der Waals surface area contributed by atoms with Crippen molar-refractivity contribution < 1.29 is 4.74 Å². The summed E-state index contributed by atoms with van der Waals surface area (Å²) in [6.45, 7) is 9.78. The summed E-state index contributed by atoms with van der Waals surface area (Å²) in [7, 11) is 2.09. The zero-order valence-corrected chi connectivity index (χ0v) is 17.1. The number of guanidine groups is 1. The predicted octanol–water partition coefficient (Wildman–Crippen LogP) is 2.96. The highest BCUT2D eigenvalue weighted by atomic mass is 79.9. The van der Waals surface area contributed by atoms with E-state index in [-0.39, 0.29) is 0 Å². The van der Waals surface area contributed by atoms with E-state index in [9.17, 15) is 0 Å². The largest absolute Gasteiger partial charge is 0.379 e. The van der Waals surface area contributed by atoms with E-state index < -0.39 is 0 Å². The molecule has 5 nitrogen and oxygen atoms in total. The van der Waals surface area contributed by atoms with Gasteiger partial charge in [0, 0.05) is 44.2 Å². The minimum atomic E-state index is 0.854. The molecule has 0 unspecified atom stereocenters. The molecule has 0 aliphatic carbocycles. The molecule has 1 aliphatic heterocycles. The maximum absolute atomic E-state index is 5.39. The number of nitrogens with zero attached hydrogens (tertiary/aromatic N) is 3. The number of hydrogen-bond donors (Lipinski definition) is 1. The van der Waals surface area contributed by atoms with E-state index in [0.717, 1.165) is 69.3 Å². The Labute approximate surface area is 160 Å². The molecule has 0 saturated carbocycles. The summed E-state index contributed by atoms with van der Waals surface area (Å²) in [5.74, 6) is 0.983. The lowest BCUT2D eigenvalue weighted by atomic mass is 10.2. The number of ether oxygens (including phenoxy) is 1. The van der Waals surface area contributed by atoms with Crippen LogP contribution in [0.4, 0.5) is 0 Å². The lowest BCUT2D eigenvalue weighted by molar-refractivity contribution is 0.0373. The summed E-state index contributed by atoms with van der Waals surface area (Å²) >= 11 is 3.48. The number of aliphatic imine (C=N–C) groups is 1. The van der Waals surface area contributed by atoms with E-state index in [4.69, 9.17) is 9.73 Å². The zero-order valence-electron chi connectivity index (χ0n) is 15.5. The fourth-order valence-corrected chi connectivity index (χ4v) is 3.13. The summed E-state index contributed by atoms with van der Waals surface area (Å²) in [6.07, 6.45) is 2.32. The molecule has 6 heteroatoms. The van der Waals surface area contributed by atoms with Gasteiger partial charge < -0.3 is 15.0 Å². The van der Waals surface area contributed by atoms with Crippen LogP contribution in [-0.4, -0.2) is 68.7 Å². The molecule has 1 aromatic rings. The van der Waals surface area contributed by atoms with Crippen LogP contribution >= 0.6 is 15.9 Å². The average molecular weight is 411 g/mol. The molecule has 2 rings (SSSR count). The van der Waals surface area contributed by atoms with Crippen molar-refractivity contribution in [1.29, 1.82) is 0 Å². The number of nitrogens with one attached hydrogen (secondary N) is 1. The molecule has 0 aromatic heterocycles. The first-order valence-electron chi connectivity index (χ1n) is 9.23. The lowest BCUT2D eigenvalue weighted by Crippen LogP contribution is -2.38. The predicted molar refractivity (Wildman–Crippen MR) is 108 cm³/mol. The number of unbranched alkanes of at least 4 members (excludes halogenated alkanes) is 1. The second kappa shape index (κ2) is 11.5. The molecule has 1 aromatic carbocycles. The Balaban J connectivity index is 1.75. The van der Waals surface area contributed by atoms with Crippen LogP contribution in [0.5, 0.6) is 0 Å². The van der Waals surface area contributed by atoms with Crippen molar-refractivity contribution in [2.75, 3.05) is 53.0 Å². The van der Waals surface area contributed by atoms with Gasteiger partial charge in [-0.05, 0) is 44.0 Å². The minimum absolute atomic E-state index is 0.854. The Morgan fingerprint density at radius 2 is 1.96 bits per heavy atom. The standard InChI is InChI=1S/C19H31BrN4O/c1-3-21-19(23(2)16-17-6-8-18(20)9-7-17)22-10-4-5-11-24-12-14-25-15-13-24/h6-9H,3-5,10-16H2,1-2H3,(H,21,22). The van der Waals surface area contributed by atoms with Gasteiger partial charge in [0.2, 0.25) is 0 Å². The fraction of sp³-hybridized carbons (Fsp3) is 0.632.